The number of rotatable bonds is 3. The third kappa shape index (κ3) is 5.17. The summed E-state index contributed by atoms with van der Waals surface area (Å²) in [5.41, 5.74) is 0. The fourth-order valence-electron chi connectivity index (χ4n) is 4.68. The number of fused-ring (bicyclic) bond motifs is 1. The summed E-state index contributed by atoms with van der Waals surface area (Å²) < 4.78 is 37.8. The monoisotopic (exact) mass is 406 g/mol. The molecular formula is C19H29F3N2O4. The van der Waals surface area contributed by atoms with Crippen LogP contribution in [0.3, 0.4) is 0 Å². The summed E-state index contributed by atoms with van der Waals surface area (Å²) in [6, 6.07) is 0.858. The van der Waals surface area contributed by atoms with E-state index in [0.29, 0.717) is 24.2 Å². The average molecular weight is 406 g/mol. The highest BCUT2D eigenvalue weighted by Gasteiger charge is 2.43. The molecule has 3 heterocycles. The minimum Gasteiger partial charge on any atom is -0.475 e. The van der Waals surface area contributed by atoms with E-state index in [0.717, 1.165) is 25.7 Å². The van der Waals surface area contributed by atoms with Crippen LogP contribution in [0.2, 0.25) is 0 Å². The van der Waals surface area contributed by atoms with Gasteiger partial charge in [-0.25, -0.2) is 4.79 Å². The first-order chi connectivity index (χ1) is 13.3. The second kappa shape index (κ2) is 8.98. The van der Waals surface area contributed by atoms with Crippen LogP contribution in [0.25, 0.3) is 0 Å². The maximum atomic E-state index is 12.3. The summed E-state index contributed by atoms with van der Waals surface area (Å²) in [5, 5.41) is 7.12. The number of alkyl halides is 3. The zero-order valence-electron chi connectivity index (χ0n) is 16.0. The number of aliphatic carboxylic acids is 1. The number of piperidine rings is 1. The molecule has 28 heavy (non-hydrogen) atoms. The first-order valence-electron chi connectivity index (χ1n) is 10.2. The Morgan fingerprint density at radius 3 is 2.21 bits per heavy atom. The number of carbonyl (C=O) groups is 2. The van der Waals surface area contributed by atoms with E-state index in [-0.39, 0.29) is 6.10 Å². The van der Waals surface area contributed by atoms with Gasteiger partial charge in [0.05, 0.1) is 19.1 Å². The van der Waals surface area contributed by atoms with Crippen molar-refractivity contribution >= 4 is 11.9 Å². The maximum Gasteiger partial charge on any atom is 0.490 e. The van der Waals surface area contributed by atoms with Crippen LogP contribution in [-0.2, 0) is 14.3 Å². The molecule has 1 saturated carbocycles. The van der Waals surface area contributed by atoms with Gasteiger partial charge >= 0.3 is 12.1 Å². The molecule has 1 amide bonds. The number of carboxylic acid groups (broad SMARTS) is 1. The fourth-order valence-corrected chi connectivity index (χ4v) is 4.68. The molecule has 0 aromatic carbocycles. The summed E-state index contributed by atoms with van der Waals surface area (Å²) in [5.74, 6) is -1.12. The van der Waals surface area contributed by atoms with Gasteiger partial charge in [0.2, 0.25) is 5.91 Å². The van der Waals surface area contributed by atoms with Crippen LogP contribution in [0.4, 0.5) is 13.2 Å². The molecule has 0 unspecified atom stereocenters. The van der Waals surface area contributed by atoms with Crippen LogP contribution in [0.5, 0.6) is 0 Å². The summed E-state index contributed by atoms with van der Waals surface area (Å²) in [6.07, 6.45) is 3.55. The Hall–Kier alpha value is -1.35. The predicted molar refractivity (Wildman–Crippen MR) is 94.7 cm³/mol. The molecule has 3 aliphatic heterocycles. The molecule has 3 saturated heterocycles. The quantitative estimate of drug-likeness (QED) is 0.780. The molecular weight excluding hydrogens is 377 g/mol. The Bertz CT molecular complexity index is 562. The third-order valence-corrected chi connectivity index (χ3v) is 6.49. The number of amides is 1. The van der Waals surface area contributed by atoms with Gasteiger partial charge < -0.3 is 19.6 Å². The van der Waals surface area contributed by atoms with Crippen molar-refractivity contribution in [3.63, 3.8) is 0 Å². The standard InChI is InChI=1S/C17H28N2O2.C2HF3O2/c20-17(18-7-1-2-8-18)10-16-15-6-9-19(14-4-3-5-14)11-13(15)12-21-16;3-2(4,5)1(6)7/h13-16H,1-12H2;(H,6,7)/t13-,15-,16+;/m1./s1. The summed E-state index contributed by atoms with van der Waals surface area (Å²) in [6.45, 7) is 5.25. The van der Waals surface area contributed by atoms with Gasteiger partial charge in [-0.2, -0.15) is 13.2 Å². The highest BCUT2D eigenvalue weighted by atomic mass is 19.4. The first-order valence-corrected chi connectivity index (χ1v) is 10.2. The zero-order valence-corrected chi connectivity index (χ0v) is 16.0. The van der Waals surface area contributed by atoms with Crippen molar-refractivity contribution in [3.05, 3.63) is 0 Å². The van der Waals surface area contributed by atoms with Gasteiger partial charge in [-0.15, -0.1) is 0 Å². The minimum absolute atomic E-state index is 0.201. The van der Waals surface area contributed by atoms with E-state index in [1.165, 1.54) is 51.6 Å². The number of hydrogen-bond donors (Lipinski definition) is 1. The highest BCUT2D eigenvalue weighted by molar-refractivity contribution is 5.77. The van der Waals surface area contributed by atoms with Gasteiger partial charge in [-0.3, -0.25) is 4.79 Å². The first kappa shape index (κ1) is 21.4. The van der Waals surface area contributed by atoms with E-state index in [2.05, 4.69) is 4.90 Å². The molecule has 1 aliphatic carbocycles. The molecule has 4 fully saturated rings. The normalized spacial score (nSPS) is 31.0. The number of carboxylic acids is 1. The molecule has 0 radical (unpaired) electrons. The van der Waals surface area contributed by atoms with E-state index in [9.17, 15) is 18.0 Å². The van der Waals surface area contributed by atoms with E-state index < -0.39 is 12.1 Å². The second-order valence-corrected chi connectivity index (χ2v) is 8.26. The predicted octanol–water partition coefficient (Wildman–Crippen LogP) is 2.52. The molecule has 1 N–H and O–H groups in total. The lowest BCUT2D eigenvalue weighted by Crippen LogP contribution is -2.49. The summed E-state index contributed by atoms with van der Waals surface area (Å²) >= 11 is 0. The fraction of sp³-hybridized carbons (Fsp3) is 0.895. The SMILES string of the molecule is O=C(C[C@@H]1OC[C@H]2CN(C3CCC3)CC[C@H]21)N1CCCC1.O=C(O)C(F)(F)F. The Morgan fingerprint density at radius 1 is 1.04 bits per heavy atom. The van der Waals surface area contributed by atoms with Gasteiger partial charge in [-0.05, 0) is 44.6 Å². The van der Waals surface area contributed by atoms with Crippen molar-refractivity contribution in [2.24, 2.45) is 11.8 Å². The Morgan fingerprint density at radius 2 is 1.68 bits per heavy atom. The van der Waals surface area contributed by atoms with Crippen molar-refractivity contribution in [2.45, 2.75) is 63.3 Å². The van der Waals surface area contributed by atoms with Crippen LogP contribution in [0.1, 0.15) is 44.9 Å². The zero-order chi connectivity index (χ0) is 20.3. The van der Waals surface area contributed by atoms with E-state index in [1.807, 2.05) is 4.90 Å². The molecule has 0 aromatic heterocycles. The lowest BCUT2D eigenvalue weighted by atomic mass is 9.80. The molecule has 4 rings (SSSR count). The van der Waals surface area contributed by atoms with Crippen LogP contribution in [0, 0.1) is 11.8 Å². The molecule has 0 bridgehead atoms. The summed E-state index contributed by atoms with van der Waals surface area (Å²) in [4.78, 5) is 26.0. The molecule has 0 spiro atoms. The van der Waals surface area contributed by atoms with Gasteiger partial charge in [0.25, 0.3) is 0 Å². The molecule has 9 heteroatoms. The smallest absolute Gasteiger partial charge is 0.475 e. The van der Waals surface area contributed by atoms with Gasteiger partial charge in [-0.1, -0.05) is 6.42 Å². The van der Waals surface area contributed by atoms with Crippen molar-refractivity contribution in [2.75, 3.05) is 32.8 Å². The summed E-state index contributed by atoms with van der Waals surface area (Å²) in [7, 11) is 0. The van der Waals surface area contributed by atoms with E-state index in [4.69, 9.17) is 14.6 Å². The van der Waals surface area contributed by atoms with Gasteiger partial charge in [0.1, 0.15) is 0 Å². The molecule has 160 valence electrons. The van der Waals surface area contributed by atoms with Gasteiger partial charge in [0, 0.05) is 31.6 Å². The largest absolute Gasteiger partial charge is 0.490 e. The minimum atomic E-state index is -5.08. The van der Waals surface area contributed by atoms with Crippen LogP contribution in [-0.4, -0.2) is 77.9 Å². The number of likely N-dealkylation sites (tertiary alicyclic amines) is 2. The molecule has 0 aromatic rings. The van der Waals surface area contributed by atoms with Crippen LogP contribution >= 0.6 is 0 Å². The van der Waals surface area contributed by atoms with Crippen molar-refractivity contribution in [1.82, 2.24) is 9.80 Å². The maximum absolute atomic E-state index is 12.3. The third-order valence-electron chi connectivity index (χ3n) is 6.49. The van der Waals surface area contributed by atoms with E-state index >= 15 is 0 Å². The number of halogens is 3. The van der Waals surface area contributed by atoms with Crippen molar-refractivity contribution in [3.8, 4) is 0 Å². The Balaban J connectivity index is 0.000000279. The molecule has 6 nitrogen and oxygen atoms in total. The van der Waals surface area contributed by atoms with E-state index in [1.54, 1.807) is 0 Å². The van der Waals surface area contributed by atoms with Crippen LogP contribution < -0.4 is 0 Å². The number of carbonyl (C=O) groups excluding carboxylic acids is 1. The Kier molecular flexibility index (Phi) is 6.85. The van der Waals surface area contributed by atoms with Crippen molar-refractivity contribution in [1.29, 1.82) is 0 Å². The molecule has 4 aliphatic rings. The number of nitrogens with zero attached hydrogens (tertiary/aromatic N) is 2. The Labute approximate surface area is 163 Å². The molecule has 3 atom stereocenters. The lowest BCUT2D eigenvalue weighted by molar-refractivity contribution is -0.192. The number of hydrogen-bond acceptors (Lipinski definition) is 4. The topological polar surface area (TPSA) is 70.1 Å². The second-order valence-electron chi connectivity index (χ2n) is 8.26. The average Bonchev–Trinajstić information content (AvgIpc) is 3.23. The van der Waals surface area contributed by atoms with Gasteiger partial charge in [0.15, 0.2) is 0 Å². The van der Waals surface area contributed by atoms with Crippen molar-refractivity contribution < 1.29 is 32.6 Å². The highest BCUT2D eigenvalue weighted by Crippen LogP contribution is 2.39. The number of ether oxygens (including phenoxy) is 1. The lowest BCUT2D eigenvalue weighted by Gasteiger charge is -2.43. The van der Waals surface area contributed by atoms with Crippen LogP contribution in [0.15, 0.2) is 0 Å².